The highest BCUT2D eigenvalue weighted by Crippen LogP contribution is 2.24. The van der Waals surface area contributed by atoms with Crippen molar-refractivity contribution in [3.8, 4) is 0 Å². The van der Waals surface area contributed by atoms with E-state index in [1.807, 2.05) is 35.0 Å². The van der Waals surface area contributed by atoms with E-state index < -0.39 is 0 Å². The summed E-state index contributed by atoms with van der Waals surface area (Å²) in [5, 5.41) is 11.5. The minimum atomic E-state index is -0.351. The maximum absolute atomic E-state index is 11.5. The lowest BCUT2D eigenvalue weighted by Crippen LogP contribution is -2.28. The Morgan fingerprint density at radius 3 is 2.62 bits per heavy atom. The Balaban J connectivity index is 1.57. The molecule has 0 atom stereocenters. The molecular formula is C26H34N6O2. The minimum absolute atomic E-state index is 0.320. The topological polar surface area (TPSA) is 91.6 Å². The summed E-state index contributed by atoms with van der Waals surface area (Å²) in [5.41, 5.74) is 3.16. The Morgan fingerprint density at radius 2 is 1.91 bits per heavy atom. The van der Waals surface area contributed by atoms with E-state index in [4.69, 9.17) is 4.98 Å². The number of benzene rings is 1. The second-order valence-electron chi connectivity index (χ2n) is 8.54. The van der Waals surface area contributed by atoms with Gasteiger partial charge >= 0.3 is 0 Å². The van der Waals surface area contributed by atoms with Crippen LogP contribution in [0.5, 0.6) is 0 Å². The molecule has 0 bridgehead atoms. The summed E-state index contributed by atoms with van der Waals surface area (Å²) < 4.78 is 1.87. The highest BCUT2D eigenvalue weighted by molar-refractivity contribution is 5.94. The molecule has 2 N–H and O–H groups in total. The number of imide groups is 1. The molecule has 1 aromatic carbocycles. The van der Waals surface area contributed by atoms with Gasteiger partial charge in [0.1, 0.15) is 11.6 Å². The molecule has 34 heavy (non-hydrogen) atoms. The molecule has 0 saturated carbocycles. The number of fused-ring (bicyclic) bond motifs is 1. The quantitative estimate of drug-likeness (QED) is 0.207. The molecule has 8 heteroatoms. The van der Waals surface area contributed by atoms with Gasteiger partial charge in [-0.25, -0.2) is 4.98 Å². The SMILES string of the molecule is C=CC(=O)N(C=O)CCCCCCNc1cc(NCc2ccccc2)n2ncc(C(C)C)c2n1. The van der Waals surface area contributed by atoms with Gasteiger partial charge in [-0.3, -0.25) is 14.5 Å². The average molecular weight is 463 g/mol. The van der Waals surface area contributed by atoms with E-state index in [0.29, 0.717) is 25.4 Å². The third-order valence-electron chi connectivity index (χ3n) is 5.65. The van der Waals surface area contributed by atoms with Crippen LogP contribution in [0.1, 0.15) is 56.6 Å². The number of unbranched alkanes of at least 4 members (excludes halogenated alkanes) is 3. The Kier molecular flexibility index (Phi) is 9.20. The lowest BCUT2D eigenvalue weighted by molar-refractivity contribution is -0.134. The van der Waals surface area contributed by atoms with Gasteiger partial charge in [0.15, 0.2) is 5.65 Å². The van der Waals surface area contributed by atoms with Crippen LogP contribution < -0.4 is 10.6 Å². The van der Waals surface area contributed by atoms with Crippen LogP contribution in [-0.2, 0) is 16.1 Å². The predicted molar refractivity (Wildman–Crippen MR) is 136 cm³/mol. The smallest absolute Gasteiger partial charge is 0.252 e. The number of nitrogens with one attached hydrogen (secondary N) is 2. The molecule has 0 aliphatic heterocycles. The first-order valence-corrected chi connectivity index (χ1v) is 11.8. The summed E-state index contributed by atoms with van der Waals surface area (Å²) in [6.07, 6.45) is 7.30. The van der Waals surface area contributed by atoms with Gasteiger partial charge in [0.25, 0.3) is 5.91 Å². The highest BCUT2D eigenvalue weighted by Gasteiger charge is 2.14. The average Bonchev–Trinajstić information content (AvgIpc) is 3.29. The zero-order valence-electron chi connectivity index (χ0n) is 20.0. The fourth-order valence-electron chi connectivity index (χ4n) is 3.70. The van der Waals surface area contributed by atoms with Crippen molar-refractivity contribution >= 4 is 29.6 Å². The molecule has 0 fully saturated rings. The zero-order chi connectivity index (χ0) is 24.3. The molecule has 0 aliphatic rings. The first-order valence-electron chi connectivity index (χ1n) is 11.8. The summed E-state index contributed by atoms with van der Waals surface area (Å²) in [7, 11) is 0. The summed E-state index contributed by atoms with van der Waals surface area (Å²) >= 11 is 0. The monoisotopic (exact) mass is 462 g/mol. The fourth-order valence-corrected chi connectivity index (χ4v) is 3.70. The van der Waals surface area contributed by atoms with Crippen molar-refractivity contribution in [2.24, 2.45) is 0 Å². The Labute approximate surface area is 201 Å². The molecule has 0 aliphatic carbocycles. The molecule has 3 rings (SSSR count). The van der Waals surface area contributed by atoms with Gasteiger partial charge in [-0.1, -0.05) is 63.6 Å². The fraction of sp³-hybridized carbons (Fsp3) is 0.385. The number of nitrogens with zero attached hydrogens (tertiary/aromatic N) is 4. The van der Waals surface area contributed by atoms with Gasteiger partial charge in [0.2, 0.25) is 6.41 Å². The van der Waals surface area contributed by atoms with E-state index in [1.165, 1.54) is 5.56 Å². The van der Waals surface area contributed by atoms with Gasteiger partial charge in [-0.15, -0.1) is 0 Å². The Bertz CT molecular complexity index is 1090. The lowest BCUT2D eigenvalue weighted by atomic mass is 10.1. The van der Waals surface area contributed by atoms with Crippen molar-refractivity contribution in [2.45, 2.75) is 52.0 Å². The van der Waals surface area contributed by atoms with Crippen molar-refractivity contribution in [1.82, 2.24) is 19.5 Å². The predicted octanol–water partition coefficient (Wildman–Crippen LogP) is 4.61. The van der Waals surface area contributed by atoms with Crippen molar-refractivity contribution < 1.29 is 9.59 Å². The standard InChI is InChI=1S/C26H34N6O2/c1-4-25(34)31(19-33)15-11-6-5-10-14-27-23-16-24(28-17-21-12-8-7-9-13-21)32-26(30-23)22(18-29-32)20(2)3/h4,7-9,12-13,16,18-20,28H,1,5-6,10-11,14-15,17H2,2-3H3,(H,27,30). The number of hydrogen-bond donors (Lipinski definition) is 2. The summed E-state index contributed by atoms with van der Waals surface area (Å²) in [5.74, 6) is 1.68. The van der Waals surface area contributed by atoms with Crippen molar-refractivity contribution in [3.05, 3.63) is 66.4 Å². The molecule has 2 heterocycles. The van der Waals surface area contributed by atoms with E-state index in [-0.39, 0.29) is 5.91 Å². The largest absolute Gasteiger partial charge is 0.370 e. The number of anilines is 2. The van der Waals surface area contributed by atoms with Crippen LogP contribution in [-0.4, -0.2) is 44.9 Å². The van der Waals surface area contributed by atoms with Crippen LogP contribution in [0, 0.1) is 0 Å². The molecule has 0 radical (unpaired) electrons. The number of carbonyl (C=O) groups is 2. The summed E-state index contributed by atoms with van der Waals surface area (Å²) in [6, 6.07) is 12.3. The molecule has 0 unspecified atom stereocenters. The van der Waals surface area contributed by atoms with Crippen LogP contribution in [0.4, 0.5) is 11.6 Å². The molecule has 3 aromatic rings. The van der Waals surface area contributed by atoms with E-state index in [1.54, 1.807) is 0 Å². The van der Waals surface area contributed by atoms with E-state index in [0.717, 1.165) is 66.1 Å². The summed E-state index contributed by atoms with van der Waals surface area (Å²) in [6.45, 7) is 9.61. The minimum Gasteiger partial charge on any atom is -0.370 e. The molecule has 0 spiro atoms. The van der Waals surface area contributed by atoms with Crippen LogP contribution in [0.2, 0.25) is 0 Å². The van der Waals surface area contributed by atoms with Gasteiger partial charge in [-0.2, -0.15) is 9.61 Å². The lowest BCUT2D eigenvalue weighted by Gasteiger charge is -2.14. The molecular weight excluding hydrogens is 428 g/mol. The zero-order valence-corrected chi connectivity index (χ0v) is 20.0. The van der Waals surface area contributed by atoms with Gasteiger partial charge < -0.3 is 10.6 Å². The maximum atomic E-state index is 11.5. The van der Waals surface area contributed by atoms with Crippen LogP contribution in [0.15, 0.2) is 55.3 Å². The third-order valence-corrected chi connectivity index (χ3v) is 5.65. The third kappa shape index (κ3) is 6.66. The number of hydrogen-bond acceptors (Lipinski definition) is 6. The number of amides is 2. The van der Waals surface area contributed by atoms with Gasteiger partial charge in [-0.05, 0) is 30.4 Å². The number of aromatic nitrogens is 3. The van der Waals surface area contributed by atoms with Crippen LogP contribution in [0.3, 0.4) is 0 Å². The number of carbonyl (C=O) groups excluding carboxylic acids is 2. The van der Waals surface area contributed by atoms with Crippen molar-refractivity contribution in [2.75, 3.05) is 23.7 Å². The first kappa shape index (κ1) is 25.0. The molecule has 180 valence electrons. The second kappa shape index (κ2) is 12.5. The van der Waals surface area contributed by atoms with E-state index >= 15 is 0 Å². The Morgan fingerprint density at radius 1 is 1.15 bits per heavy atom. The Hall–Kier alpha value is -3.68. The van der Waals surface area contributed by atoms with E-state index in [2.05, 4.69) is 48.3 Å². The van der Waals surface area contributed by atoms with Crippen molar-refractivity contribution in [3.63, 3.8) is 0 Å². The van der Waals surface area contributed by atoms with Gasteiger partial charge in [0.05, 0.1) is 6.20 Å². The maximum Gasteiger partial charge on any atom is 0.252 e. The van der Waals surface area contributed by atoms with Gasteiger partial charge in [0, 0.05) is 31.3 Å². The van der Waals surface area contributed by atoms with E-state index in [9.17, 15) is 9.59 Å². The molecule has 0 saturated heterocycles. The highest BCUT2D eigenvalue weighted by atomic mass is 16.2. The molecule has 2 aromatic heterocycles. The molecule has 8 nitrogen and oxygen atoms in total. The van der Waals surface area contributed by atoms with Crippen LogP contribution in [0.25, 0.3) is 5.65 Å². The normalized spacial score (nSPS) is 10.9. The second-order valence-corrected chi connectivity index (χ2v) is 8.54. The van der Waals surface area contributed by atoms with Crippen LogP contribution >= 0.6 is 0 Å². The van der Waals surface area contributed by atoms with Crippen molar-refractivity contribution in [1.29, 1.82) is 0 Å². The number of rotatable bonds is 14. The first-order chi connectivity index (χ1) is 16.5. The molecule has 2 amide bonds. The summed E-state index contributed by atoms with van der Waals surface area (Å²) in [4.78, 5) is 28.4.